The molecule has 0 unspecified atom stereocenters. The Labute approximate surface area is 189 Å². The van der Waals surface area contributed by atoms with Gasteiger partial charge >= 0.3 is 0 Å². The molecule has 3 aromatic rings. The van der Waals surface area contributed by atoms with Crippen molar-refractivity contribution in [2.45, 2.75) is 57.6 Å². The minimum atomic E-state index is -2.63. The summed E-state index contributed by atoms with van der Waals surface area (Å²) in [6.07, 6.45) is 2.42. The molecule has 3 N–H and O–H groups in total. The molecule has 2 aliphatic rings. The summed E-state index contributed by atoms with van der Waals surface area (Å²) in [4.78, 5) is 24.9. The molecule has 0 radical (unpaired) electrons. The van der Waals surface area contributed by atoms with E-state index in [1.807, 2.05) is 0 Å². The van der Waals surface area contributed by atoms with Crippen LogP contribution in [0.4, 0.5) is 8.78 Å². The lowest BCUT2D eigenvalue weighted by molar-refractivity contribution is 0.0935. The summed E-state index contributed by atoms with van der Waals surface area (Å²) in [6, 6.07) is 4.22. The van der Waals surface area contributed by atoms with Crippen LogP contribution in [0.15, 0.2) is 24.5 Å². The number of hydrogen-bond donors (Lipinski definition) is 3. The first kappa shape index (κ1) is 21.8. The molecule has 33 heavy (non-hydrogen) atoms. The van der Waals surface area contributed by atoms with Crippen molar-refractivity contribution in [1.82, 2.24) is 20.3 Å². The number of ether oxygens (including phenoxy) is 1. The Morgan fingerprint density at radius 3 is 2.79 bits per heavy atom. The van der Waals surface area contributed by atoms with Crippen molar-refractivity contribution < 1.29 is 23.4 Å². The van der Waals surface area contributed by atoms with Crippen molar-refractivity contribution >= 4 is 16.9 Å². The van der Waals surface area contributed by atoms with Crippen LogP contribution in [0.1, 0.15) is 60.1 Å². The topological polar surface area (TPSA) is 100 Å². The van der Waals surface area contributed by atoms with E-state index < -0.39 is 12.5 Å². The molecule has 0 bridgehead atoms. The number of aliphatic hydroxyl groups is 1. The fraction of sp³-hybridized carbons (Fsp3) is 0.458. The molecule has 2 fully saturated rings. The molecular formula is C24H26F2N4O3. The van der Waals surface area contributed by atoms with E-state index in [-0.39, 0.29) is 17.5 Å². The molecule has 7 nitrogen and oxygen atoms in total. The highest BCUT2D eigenvalue weighted by atomic mass is 19.3. The van der Waals surface area contributed by atoms with Gasteiger partial charge in [0.15, 0.2) is 0 Å². The van der Waals surface area contributed by atoms with Crippen molar-refractivity contribution in [1.29, 1.82) is 0 Å². The van der Waals surface area contributed by atoms with Gasteiger partial charge in [0.2, 0.25) is 0 Å². The number of nitrogens with one attached hydrogen (secondary N) is 2. The predicted octanol–water partition coefficient (Wildman–Crippen LogP) is 4.30. The maximum absolute atomic E-state index is 13.5. The zero-order valence-corrected chi connectivity index (χ0v) is 18.3. The van der Waals surface area contributed by atoms with Crippen LogP contribution in [-0.4, -0.2) is 44.7 Å². The molecule has 2 aromatic heterocycles. The number of H-pyrrole nitrogens is 1. The summed E-state index contributed by atoms with van der Waals surface area (Å²) >= 11 is 0. The molecular weight excluding hydrogens is 430 g/mol. The van der Waals surface area contributed by atoms with Crippen LogP contribution in [0.3, 0.4) is 0 Å². The fourth-order valence-electron chi connectivity index (χ4n) is 4.44. The van der Waals surface area contributed by atoms with E-state index >= 15 is 0 Å². The number of aromatic amines is 1. The molecule has 2 atom stereocenters. The lowest BCUT2D eigenvalue weighted by Gasteiger charge is -2.13. The smallest absolute Gasteiger partial charge is 0.263 e. The number of benzene rings is 1. The molecule has 1 amide bonds. The van der Waals surface area contributed by atoms with Crippen LogP contribution in [0.5, 0.6) is 5.75 Å². The number of alkyl halides is 2. The Kier molecular flexibility index (Phi) is 5.74. The minimum Gasteiger partial charge on any atom is -0.493 e. The third kappa shape index (κ3) is 4.42. The molecule has 0 saturated heterocycles. The van der Waals surface area contributed by atoms with Crippen LogP contribution >= 0.6 is 0 Å². The van der Waals surface area contributed by atoms with Gasteiger partial charge in [0.1, 0.15) is 23.3 Å². The molecule has 1 aromatic carbocycles. The van der Waals surface area contributed by atoms with Crippen LogP contribution < -0.4 is 10.1 Å². The van der Waals surface area contributed by atoms with Gasteiger partial charge in [-0.05, 0) is 63.1 Å². The summed E-state index contributed by atoms with van der Waals surface area (Å²) in [6.45, 7) is 2.30. The highest BCUT2D eigenvalue weighted by Crippen LogP contribution is 2.38. The molecule has 174 valence electrons. The second kappa shape index (κ2) is 8.70. The maximum atomic E-state index is 13.5. The summed E-state index contributed by atoms with van der Waals surface area (Å²) in [5.74, 6) is 0.689. The van der Waals surface area contributed by atoms with E-state index in [0.29, 0.717) is 64.7 Å². The van der Waals surface area contributed by atoms with Gasteiger partial charge in [0, 0.05) is 22.9 Å². The van der Waals surface area contributed by atoms with Crippen molar-refractivity contribution in [3.05, 3.63) is 41.3 Å². The van der Waals surface area contributed by atoms with E-state index in [1.165, 1.54) is 18.5 Å². The molecule has 9 heteroatoms. The average Bonchev–Trinajstić information content (AvgIpc) is 3.43. The SMILES string of the molecule is Cc1[nH]c2c(-c3cc(C(F)F)ccc3OCC3CC3)ncnc2c1C(=O)N[C@@H]1CC[C@@H](O)C1. The zero-order valence-electron chi connectivity index (χ0n) is 18.3. The molecule has 0 spiro atoms. The number of aromatic nitrogens is 3. The van der Waals surface area contributed by atoms with Crippen molar-refractivity contribution in [3.8, 4) is 17.0 Å². The highest BCUT2D eigenvalue weighted by Gasteiger charge is 2.28. The van der Waals surface area contributed by atoms with Gasteiger partial charge in [-0.15, -0.1) is 0 Å². The Hall–Kier alpha value is -3.07. The van der Waals surface area contributed by atoms with Crippen LogP contribution in [0.25, 0.3) is 22.3 Å². The van der Waals surface area contributed by atoms with Crippen molar-refractivity contribution in [3.63, 3.8) is 0 Å². The number of aliphatic hydroxyl groups excluding tert-OH is 1. The second-order valence-electron chi connectivity index (χ2n) is 9.02. The largest absolute Gasteiger partial charge is 0.493 e. The van der Waals surface area contributed by atoms with E-state index in [2.05, 4.69) is 20.3 Å². The molecule has 2 saturated carbocycles. The summed E-state index contributed by atoms with van der Waals surface area (Å²) < 4.78 is 32.9. The molecule has 5 rings (SSSR count). The van der Waals surface area contributed by atoms with Gasteiger partial charge in [0.05, 0.1) is 23.8 Å². The van der Waals surface area contributed by atoms with Gasteiger partial charge < -0.3 is 20.1 Å². The van der Waals surface area contributed by atoms with E-state index in [1.54, 1.807) is 13.0 Å². The predicted molar refractivity (Wildman–Crippen MR) is 118 cm³/mol. The lowest BCUT2D eigenvalue weighted by Crippen LogP contribution is -2.33. The standard InChI is InChI=1S/C24H26F2N4O3/c1-12-19(24(32)30-15-5-6-16(31)9-15)21-22(29-12)20(27-11-28-21)17-8-14(23(25)26)4-7-18(17)33-10-13-2-3-13/h4,7-8,11,13,15-16,23,29,31H,2-3,5-6,9-10H2,1H3,(H,30,32)/t15-,16-/m1/s1. The first-order valence-corrected chi connectivity index (χ1v) is 11.3. The fourth-order valence-corrected chi connectivity index (χ4v) is 4.44. The van der Waals surface area contributed by atoms with E-state index in [4.69, 9.17) is 4.74 Å². The highest BCUT2D eigenvalue weighted by molar-refractivity contribution is 6.09. The Morgan fingerprint density at radius 1 is 1.27 bits per heavy atom. The van der Waals surface area contributed by atoms with Crippen LogP contribution in [0, 0.1) is 12.8 Å². The average molecular weight is 456 g/mol. The number of carbonyl (C=O) groups is 1. The summed E-state index contributed by atoms with van der Waals surface area (Å²) in [5, 5.41) is 12.7. The van der Waals surface area contributed by atoms with E-state index in [0.717, 1.165) is 19.3 Å². The molecule has 2 aliphatic carbocycles. The third-order valence-corrected chi connectivity index (χ3v) is 6.42. The quantitative estimate of drug-likeness (QED) is 0.492. The van der Waals surface area contributed by atoms with Gasteiger partial charge in [0.25, 0.3) is 12.3 Å². The normalized spacial score (nSPS) is 20.5. The first-order chi connectivity index (χ1) is 15.9. The van der Waals surface area contributed by atoms with Gasteiger partial charge in [-0.2, -0.15) is 0 Å². The number of halogens is 2. The van der Waals surface area contributed by atoms with Crippen molar-refractivity contribution in [2.75, 3.05) is 6.61 Å². The number of nitrogens with zero attached hydrogens (tertiary/aromatic N) is 2. The summed E-state index contributed by atoms with van der Waals surface area (Å²) in [7, 11) is 0. The monoisotopic (exact) mass is 456 g/mol. The maximum Gasteiger partial charge on any atom is 0.263 e. The van der Waals surface area contributed by atoms with Gasteiger partial charge in [-0.3, -0.25) is 4.79 Å². The van der Waals surface area contributed by atoms with Gasteiger partial charge in [-0.25, -0.2) is 18.7 Å². The van der Waals surface area contributed by atoms with Gasteiger partial charge in [-0.1, -0.05) is 0 Å². The molecule has 2 heterocycles. The van der Waals surface area contributed by atoms with Crippen molar-refractivity contribution in [2.24, 2.45) is 5.92 Å². The minimum absolute atomic E-state index is 0.0942. The number of aryl methyl sites for hydroxylation is 1. The second-order valence-corrected chi connectivity index (χ2v) is 9.02. The number of hydrogen-bond acceptors (Lipinski definition) is 5. The number of carbonyl (C=O) groups excluding carboxylic acids is 1. The Balaban J connectivity index is 1.54. The number of rotatable bonds is 7. The number of fused-ring (bicyclic) bond motifs is 1. The summed E-state index contributed by atoms with van der Waals surface area (Å²) in [5.41, 5.74) is 2.63. The van der Waals surface area contributed by atoms with E-state index in [9.17, 15) is 18.7 Å². The third-order valence-electron chi connectivity index (χ3n) is 6.42. The number of amides is 1. The van der Waals surface area contributed by atoms with Crippen LogP contribution in [-0.2, 0) is 0 Å². The first-order valence-electron chi connectivity index (χ1n) is 11.3. The molecule has 0 aliphatic heterocycles. The lowest BCUT2D eigenvalue weighted by atomic mass is 10.0. The Bertz CT molecular complexity index is 1190. The Morgan fingerprint density at radius 2 is 2.09 bits per heavy atom. The van der Waals surface area contributed by atoms with Crippen LogP contribution in [0.2, 0.25) is 0 Å². The zero-order chi connectivity index (χ0) is 23.1.